The van der Waals surface area contributed by atoms with Crippen molar-refractivity contribution in [3.8, 4) is 0 Å². The first-order valence-corrected chi connectivity index (χ1v) is 7.63. The van der Waals surface area contributed by atoms with Crippen molar-refractivity contribution in [1.82, 2.24) is 0 Å². The summed E-state index contributed by atoms with van der Waals surface area (Å²) in [6, 6.07) is 14.3. The molecule has 0 spiro atoms. The maximum atomic E-state index is 13.2. The molecule has 1 aliphatic heterocycles. The molecule has 0 amide bonds. The van der Waals surface area contributed by atoms with E-state index in [2.05, 4.69) is 10.5 Å². The maximum absolute atomic E-state index is 13.2. The Labute approximate surface area is 133 Å². The Balaban J connectivity index is 1.48. The van der Waals surface area contributed by atoms with Crippen LogP contribution in [0.5, 0.6) is 0 Å². The molecule has 2 N–H and O–H groups in total. The fraction of sp³-hybridized carbons (Fsp3) is 0.235. The average molecular weight is 320 g/mol. The molecular formula is C17H17ClFN2O+. The van der Waals surface area contributed by atoms with Gasteiger partial charge in [-0.3, -0.25) is 0 Å². The van der Waals surface area contributed by atoms with Crippen molar-refractivity contribution in [1.29, 1.82) is 0 Å². The van der Waals surface area contributed by atoms with Crippen LogP contribution in [0.3, 0.4) is 0 Å². The van der Waals surface area contributed by atoms with Gasteiger partial charge in [-0.25, -0.2) is 4.39 Å². The SMILES string of the molecule is Fc1cccc(C2=NO[C@@H](C[NH2+]Cc3cccc(Cl)c3)C2)c1. The molecule has 5 heteroatoms. The number of oxime groups is 1. The van der Waals surface area contributed by atoms with E-state index in [1.54, 1.807) is 6.07 Å². The highest BCUT2D eigenvalue weighted by Crippen LogP contribution is 2.16. The number of nitrogens with zero attached hydrogens (tertiary/aromatic N) is 1. The Kier molecular flexibility index (Phi) is 4.71. The molecular weight excluding hydrogens is 303 g/mol. The molecule has 0 aliphatic carbocycles. The Morgan fingerprint density at radius 2 is 2.09 bits per heavy atom. The van der Waals surface area contributed by atoms with Gasteiger partial charge in [-0.2, -0.15) is 0 Å². The van der Waals surface area contributed by atoms with Gasteiger partial charge >= 0.3 is 0 Å². The van der Waals surface area contributed by atoms with Crippen molar-refractivity contribution >= 4 is 17.3 Å². The number of nitrogens with two attached hydrogens (primary N) is 1. The summed E-state index contributed by atoms with van der Waals surface area (Å²) >= 11 is 5.96. The lowest BCUT2D eigenvalue weighted by atomic mass is 10.0. The molecule has 0 unspecified atom stereocenters. The fourth-order valence-corrected chi connectivity index (χ4v) is 2.71. The summed E-state index contributed by atoms with van der Waals surface area (Å²) in [6.07, 6.45) is 0.729. The molecule has 0 radical (unpaired) electrons. The lowest BCUT2D eigenvalue weighted by Crippen LogP contribution is -2.84. The molecule has 114 valence electrons. The summed E-state index contributed by atoms with van der Waals surface area (Å²) in [5, 5.41) is 6.99. The quantitative estimate of drug-likeness (QED) is 0.904. The van der Waals surface area contributed by atoms with Gasteiger partial charge in [0, 0.05) is 22.6 Å². The van der Waals surface area contributed by atoms with Gasteiger partial charge in [0.2, 0.25) is 0 Å². The first-order valence-electron chi connectivity index (χ1n) is 7.25. The molecule has 1 aliphatic rings. The molecule has 0 fully saturated rings. The van der Waals surface area contributed by atoms with Crippen LogP contribution in [0.1, 0.15) is 17.5 Å². The van der Waals surface area contributed by atoms with Gasteiger partial charge in [0.05, 0.1) is 5.71 Å². The average Bonchev–Trinajstić information content (AvgIpc) is 2.96. The molecule has 2 aromatic carbocycles. The van der Waals surface area contributed by atoms with E-state index >= 15 is 0 Å². The van der Waals surface area contributed by atoms with Crippen molar-refractivity contribution in [2.45, 2.75) is 19.1 Å². The molecule has 22 heavy (non-hydrogen) atoms. The van der Waals surface area contributed by atoms with Gasteiger partial charge in [0.1, 0.15) is 18.9 Å². The second-order valence-corrected chi connectivity index (χ2v) is 5.77. The van der Waals surface area contributed by atoms with Gasteiger partial charge in [-0.1, -0.05) is 41.0 Å². The molecule has 0 aromatic heterocycles. The third-order valence-electron chi connectivity index (χ3n) is 3.59. The Morgan fingerprint density at radius 1 is 1.23 bits per heavy atom. The standard InChI is InChI=1S/C17H16ClFN2O/c18-14-5-1-3-12(7-14)10-20-11-16-9-17(21-22-16)13-4-2-6-15(19)8-13/h1-8,16,20H,9-11H2/p+1/t16-/m1/s1. The van der Waals surface area contributed by atoms with E-state index in [1.807, 2.05) is 30.3 Å². The summed E-state index contributed by atoms with van der Waals surface area (Å²) in [6.45, 7) is 1.64. The van der Waals surface area contributed by atoms with Crippen LogP contribution in [0, 0.1) is 5.82 Å². The minimum absolute atomic E-state index is 0.0254. The van der Waals surface area contributed by atoms with Crippen LogP contribution >= 0.6 is 11.6 Å². The summed E-state index contributed by atoms with van der Waals surface area (Å²) < 4.78 is 13.2. The topological polar surface area (TPSA) is 38.2 Å². The van der Waals surface area contributed by atoms with E-state index in [0.29, 0.717) is 6.42 Å². The molecule has 0 saturated carbocycles. The van der Waals surface area contributed by atoms with Crippen LogP contribution in [0.25, 0.3) is 0 Å². The number of hydrogen-bond donors (Lipinski definition) is 1. The predicted octanol–water partition coefficient (Wildman–Crippen LogP) is 2.74. The van der Waals surface area contributed by atoms with Gasteiger partial charge in [0.25, 0.3) is 0 Å². The zero-order valence-corrected chi connectivity index (χ0v) is 12.8. The highest BCUT2D eigenvalue weighted by atomic mass is 35.5. The van der Waals surface area contributed by atoms with E-state index in [0.717, 1.165) is 29.4 Å². The molecule has 0 bridgehead atoms. The van der Waals surface area contributed by atoms with Gasteiger partial charge in [-0.15, -0.1) is 0 Å². The number of quaternary nitrogens is 1. The number of rotatable bonds is 5. The summed E-state index contributed by atoms with van der Waals surface area (Å²) in [7, 11) is 0. The minimum Gasteiger partial charge on any atom is -0.386 e. The second-order valence-electron chi connectivity index (χ2n) is 5.34. The molecule has 1 heterocycles. The Morgan fingerprint density at radius 3 is 2.91 bits per heavy atom. The lowest BCUT2D eigenvalue weighted by Gasteiger charge is -2.07. The van der Waals surface area contributed by atoms with Crippen LogP contribution in [-0.2, 0) is 11.4 Å². The van der Waals surface area contributed by atoms with Crippen molar-refractivity contribution in [2.75, 3.05) is 6.54 Å². The van der Waals surface area contributed by atoms with E-state index in [1.165, 1.54) is 17.7 Å². The summed E-state index contributed by atoms with van der Waals surface area (Å²) in [5.74, 6) is -0.254. The monoisotopic (exact) mass is 319 g/mol. The molecule has 0 saturated heterocycles. The van der Waals surface area contributed by atoms with Crippen LogP contribution in [-0.4, -0.2) is 18.4 Å². The van der Waals surface area contributed by atoms with E-state index in [4.69, 9.17) is 16.4 Å². The van der Waals surface area contributed by atoms with E-state index in [9.17, 15) is 4.39 Å². The van der Waals surface area contributed by atoms with Gasteiger partial charge < -0.3 is 10.2 Å². The Bertz CT molecular complexity index is 690. The number of hydrogen-bond acceptors (Lipinski definition) is 2. The van der Waals surface area contributed by atoms with Crippen molar-refractivity contribution in [3.05, 3.63) is 70.5 Å². The molecule has 1 atom stereocenters. The summed E-state index contributed by atoms with van der Waals surface area (Å²) in [5.41, 5.74) is 2.77. The van der Waals surface area contributed by atoms with Crippen LogP contribution < -0.4 is 5.32 Å². The number of halogens is 2. The lowest BCUT2D eigenvalue weighted by molar-refractivity contribution is -0.676. The Hall–Kier alpha value is -1.91. The van der Waals surface area contributed by atoms with E-state index in [-0.39, 0.29) is 11.9 Å². The maximum Gasteiger partial charge on any atom is 0.181 e. The van der Waals surface area contributed by atoms with Crippen LogP contribution in [0.2, 0.25) is 5.02 Å². The zero-order chi connectivity index (χ0) is 15.4. The highest BCUT2D eigenvalue weighted by molar-refractivity contribution is 6.30. The fourth-order valence-electron chi connectivity index (χ4n) is 2.49. The number of benzene rings is 2. The third-order valence-corrected chi connectivity index (χ3v) is 3.82. The largest absolute Gasteiger partial charge is 0.386 e. The molecule has 3 rings (SSSR count). The first-order chi connectivity index (χ1) is 10.7. The molecule has 3 nitrogen and oxygen atoms in total. The predicted molar refractivity (Wildman–Crippen MR) is 84.4 cm³/mol. The van der Waals surface area contributed by atoms with Crippen molar-refractivity contribution < 1.29 is 14.5 Å². The third kappa shape index (κ3) is 3.84. The second kappa shape index (κ2) is 6.90. The highest BCUT2D eigenvalue weighted by Gasteiger charge is 2.23. The van der Waals surface area contributed by atoms with E-state index < -0.39 is 0 Å². The summed E-state index contributed by atoms with van der Waals surface area (Å²) in [4.78, 5) is 5.43. The van der Waals surface area contributed by atoms with Crippen molar-refractivity contribution in [3.63, 3.8) is 0 Å². The van der Waals surface area contributed by atoms with Crippen LogP contribution in [0.15, 0.2) is 53.7 Å². The van der Waals surface area contributed by atoms with Crippen LogP contribution in [0.4, 0.5) is 4.39 Å². The van der Waals surface area contributed by atoms with Gasteiger partial charge in [0.15, 0.2) is 6.10 Å². The minimum atomic E-state index is -0.254. The normalized spacial score (nSPS) is 17.2. The first kappa shape index (κ1) is 15.0. The zero-order valence-electron chi connectivity index (χ0n) is 12.0. The smallest absolute Gasteiger partial charge is 0.181 e. The van der Waals surface area contributed by atoms with Gasteiger partial charge in [-0.05, 0) is 24.3 Å². The van der Waals surface area contributed by atoms with Crippen molar-refractivity contribution in [2.24, 2.45) is 5.16 Å². The molecule has 2 aromatic rings.